The van der Waals surface area contributed by atoms with E-state index in [2.05, 4.69) is 5.32 Å². The highest BCUT2D eigenvalue weighted by molar-refractivity contribution is 5.74. The number of aliphatic carboxylic acids is 1. The summed E-state index contributed by atoms with van der Waals surface area (Å²) in [4.78, 5) is 11.3. The Hall–Kier alpha value is -1.43. The second-order valence-corrected chi connectivity index (χ2v) is 5.05. The van der Waals surface area contributed by atoms with Gasteiger partial charge in [-0.15, -0.1) is 0 Å². The second-order valence-electron chi connectivity index (χ2n) is 5.05. The van der Waals surface area contributed by atoms with Crippen molar-refractivity contribution in [2.24, 2.45) is 0 Å². The summed E-state index contributed by atoms with van der Waals surface area (Å²) in [5, 5.41) is 12.3. The van der Waals surface area contributed by atoms with Crippen LogP contribution in [0.3, 0.4) is 0 Å². The van der Waals surface area contributed by atoms with Crippen LogP contribution in [0.4, 0.5) is 0 Å². The third-order valence-electron chi connectivity index (χ3n) is 3.04. The van der Waals surface area contributed by atoms with Gasteiger partial charge in [0.1, 0.15) is 12.1 Å². The molecule has 0 aromatic heterocycles. The summed E-state index contributed by atoms with van der Waals surface area (Å²) in [6, 6.07) is 8.89. The van der Waals surface area contributed by atoms with Crippen LogP contribution in [0.2, 0.25) is 0 Å². The predicted octanol–water partition coefficient (Wildman–Crippen LogP) is 1.38. The number of benzene rings is 1. The van der Waals surface area contributed by atoms with Crippen LogP contribution in [0, 0.1) is 0 Å². The van der Waals surface area contributed by atoms with Crippen molar-refractivity contribution >= 4 is 5.97 Å². The second kappa shape index (κ2) is 5.69. The van der Waals surface area contributed by atoms with Gasteiger partial charge in [-0.25, -0.2) is 0 Å². The number of rotatable bonds is 5. The van der Waals surface area contributed by atoms with Crippen LogP contribution in [0.15, 0.2) is 30.3 Å². The molecule has 1 heterocycles. The zero-order valence-electron chi connectivity index (χ0n) is 11.1. The number of carboxylic acids is 1. The summed E-state index contributed by atoms with van der Waals surface area (Å²) in [5.74, 6) is -1.64. The van der Waals surface area contributed by atoms with Crippen molar-refractivity contribution in [1.29, 1.82) is 0 Å². The molecule has 1 aliphatic rings. The van der Waals surface area contributed by atoms with E-state index in [1.807, 2.05) is 30.3 Å². The van der Waals surface area contributed by atoms with E-state index >= 15 is 0 Å². The molecule has 2 rings (SSSR count). The van der Waals surface area contributed by atoms with Gasteiger partial charge in [0, 0.05) is 6.54 Å². The fourth-order valence-electron chi connectivity index (χ4n) is 2.08. The van der Waals surface area contributed by atoms with E-state index < -0.39 is 23.9 Å². The van der Waals surface area contributed by atoms with Crippen molar-refractivity contribution in [1.82, 2.24) is 5.32 Å². The van der Waals surface area contributed by atoms with Gasteiger partial charge in [0.05, 0.1) is 6.61 Å². The predicted molar refractivity (Wildman–Crippen MR) is 69.6 cm³/mol. The highest BCUT2D eigenvalue weighted by Crippen LogP contribution is 2.24. The molecule has 0 aliphatic carbocycles. The van der Waals surface area contributed by atoms with Crippen LogP contribution in [0.5, 0.6) is 0 Å². The van der Waals surface area contributed by atoms with E-state index in [0.29, 0.717) is 6.54 Å². The molecule has 0 amide bonds. The number of hydrogen-bond donors (Lipinski definition) is 2. The van der Waals surface area contributed by atoms with Crippen molar-refractivity contribution < 1.29 is 19.4 Å². The van der Waals surface area contributed by atoms with Gasteiger partial charge in [0.15, 0.2) is 5.79 Å². The topological polar surface area (TPSA) is 67.8 Å². The summed E-state index contributed by atoms with van der Waals surface area (Å²) in [7, 11) is 0. The summed E-state index contributed by atoms with van der Waals surface area (Å²) in [5.41, 5.74) is 1.03. The largest absolute Gasteiger partial charge is 0.480 e. The van der Waals surface area contributed by atoms with Crippen molar-refractivity contribution in [3.05, 3.63) is 35.9 Å². The van der Waals surface area contributed by atoms with E-state index in [1.54, 1.807) is 13.8 Å². The molecule has 1 aliphatic heterocycles. The minimum Gasteiger partial charge on any atom is -0.480 e. The lowest BCUT2D eigenvalue weighted by Crippen LogP contribution is -2.47. The van der Waals surface area contributed by atoms with Crippen molar-refractivity contribution in [2.45, 2.75) is 38.3 Å². The third-order valence-corrected chi connectivity index (χ3v) is 3.04. The number of carbonyl (C=O) groups is 1. The van der Waals surface area contributed by atoms with E-state index in [-0.39, 0.29) is 6.61 Å². The Morgan fingerprint density at radius 2 is 2.16 bits per heavy atom. The summed E-state index contributed by atoms with van der Waals surface area (Å²) in [6.45, 7) is 4.33. The van der Waals surface area contributed by atoms with Gasteiger partial charge in [-0.1, -0.05) is 30.3 Å². The zero-order valence-corrected chi connectivity index (χ0v) is 11.1. The Kier molecular flexibility index (Phi) is 4.19. The van der Waals surface area contributed by atoms with Gasteiger partial charge in [0.2, 0.25) is 0 Å². The smallest absolute Gasteiger partial charge is 0.323 e. The minimum absolute atomic E-state index is 0.283. The third kappa shape index (κ3) is 3.76. The highest BCUT2D eigenvalue weighted by Gasteiger charge is 2.40. The molecule has 0 saturated carbocycles. The molecule has 0 bridgehead atoms. The molecule has 104 valence electrons. The first-order valence-corrected chi connectivity index (χ1v) is 6.30. The lowest BCUT2D eigenvalue weighted by atomic mass is 10.1. The maximum Gasteiger partial charge on any atom is 0.323 e. The van der Waals surface area contributed by atoms with Crippen LogP contribution in [0.1, 0.15) is 19.4 Å². The lowest BCUT2D eigenvalue weighted by molar-refractivity contribution is -0.154. The van der Waals surface area contributed by atoms with Crippen LogP contribution in [-0.4, -0.2) is 35.6 Å². The quantitative estimate of drug-likeness (QED) is 0.842. The molecule has 5 nitrogen and oxygen atoms in total. The fourth-order valence-corrected chi connectivity index (χ4v) is 2.08. The zero-order chi connectivity index (χ0) is 13.9. The highest BCUT2D eigenvalue weighted by atomic mass is 16.7. The van der Waals surface area contributed by atoms with Crippen molar-refractivity contribution in [3.63, 3.8) is 0 Å². The molecule has 2 N–H and O–H groups in total. The summed E-state index contributed by atoms with van der Waals surface area (Å²) in [6.07, 6.45) is -0.476. The molecule has 2 atom stereocenters. The molecule has 1 fully saturated rings. The number of carboxylic acid groups (broad SMARTS) is 1. The number of nitrogens with one attached hydrogen (secondary N) is 1. The Balaban J connectivity index is 1.96. The summed E-state index contributed by atoms with van der Waals surface area (Å²) >= 11 is 0. The van der Waals surface area contributed by atoms with Gasteiger partial charge in [-0.3, -0.25) is 10.1 Å². The Labute approximate surface area is 112 Å². The Bertz CT molecular complexity index is 432. The van der Waals surface area contributed by atoms with E-state index in [0.717, 1.165) is 5.56 Å². The van der Waals surface area contributed by atoms with Crippen molar-refractivity contribution in [3.8, 4) is 0 Å². The van der Waals surface area contributed by atoms with Crippen LogP contribution in [-0.2, 0) is 20.8 Å². The maximum atomic E-state index is 11.3. The average Bonchev–Trinajstić information content (AvgIpc) is 2.71. The molecule has 1 aromatic carbocycles. The first-order valence-electron chi connectivity index (χ1n) is 6.30. The van der Waals surface area contributed by atoms with E-state index in [1.165, 1.54) is 0 Å². The van der Waals surface area contributed by atoms with E-state index in [4.69, 9.17) is 9.47 Å². The van der Waals surface area contributed by atoms with Gasteiger partial charge in [0.25, 0.3) is 0 Å². The lowest BCUT2D eigenvalue weighted by Gasteiger charge is -2.22. The average molecular weight is 265 g/mol. The van der Waals surface area contributed by atoms with Gasteiger partial charge in [-0.05, 0) is 19.4 Å². The standard InChI is InChI=1S/C14H19NO4/c1-14(2)18-9-11(19-14)12(13(16)17)15-8-10-6-4-3-5-7-10/h3-7,11-12,15H,8-9H2,1-2H3,(H,16,17)/t11-,12-/m1/s1. The molecule has 0 spiro atoms. The first kappa shape index (κ1) is 14.0. The van der Waals surface area contributed by atoms with Gasteiger partial charge < -0.3 is 14.6 Å². The molecular weight excluding hydrogens is 246 g/mol. The van der Waals surface area contributed by atoms with Crippen molar-refractivity contribution in [2.75, 3.05) is 6.61 Å². The SMILES string of the molecule is CC1(C)OC[C@H]([C@@H](NCc2ccccc2)C(=O)O)O1. The molecule has 1 aromatic rings. The number of ether oxygens (including phenoxy) is 2. The maximum absolute atomic E-state index is 11.3. The first-order chi connectivity index (χ1) is 8.98. The molecular formula is C14H19NO4. The van der Waals surface area contributed by atoms with Crippen LogP contribution >= 0.6 is 0 Å². The molecule has 0 unspecified atom stereocenters. The molecule has 0 radical (unpaired) electrons. The van der Waals surface area contributed by atoms with Crippen LogP contribution in [0.25, 0.3) is 0 Å². The minimum atomic E-state index is -0.928. The monoisotopic (exact) mass is 265 g/mol. The van der Waals surface area contributed by atoms with E-state index in [9.17, 15) is 9.90 Å². The Morgan fingerprint density at radius 3 is 2.68 bits per heavy atom. The molecule has 5 heteroatoms. The van der Waals surface area contributed by atoms with Gasteiger partial charge >= 0.3 is 5.97 Å². The Morgan fingerprint density at radius 1 is 1.47 bits per heavy atom. The normalized spacial score (nSPS) is 23.2. The molecule has 19 heavy (non-hydrogen) atoms. The molecule has 1 saturated heterocycles. The summed E-state index contributed by atoms with van der Waals surface area (Å²) < 4.78 is 11.0. The number of hydrogen-bond acceptors (Lipinski definition) is 4. The van der Waals surface area contributed by atoms with Crippen LogP contribution < -0.4 is 5.32 Å². The fraction of sp³-hybridized carbons (Fsp3) is 0.500. The van der Waals surface area contributed by atoms with Gasteiger partial charge in [-0.2, -0.15) is 0 Å².